The summed E-state index contributed by atoms with van der Waals surface area (Å²) in [6.07, 6.45) is 0. The van der Waals surface area contributed by atoms with E-state index in [2.05, 4.69) is 5.32 Å². The number of nitro groups is 1. The molecule has 0 radical (unpaired) electrons. The van der Waals surface area contributed by atoms with Gasteiger partial charge < -0.3 is 11.1 Å². The fourth-order valence-electron chi connectivity index (χ4n) is 1.52. The number of nitro benzene ring substituents is 1. The highest BCUT2D eigenvalue weighted by Gasteiger charge is 2.27. The van der Waals surface area contributed by atoms with Crippen LogP contribution in [0.5, 0.6) is 0 Å². The van der Waals surface area contributed by atoms with E-state index < -0.39 is 43.8 Å². The number of hydrogen-bond donors (Lipinski definition) is 3. The fourth-order valence-corrected chi connectivity index (χ4v) is 2.73. The van der Waals surface area contributed by atoms with E-state index >= 15 is 0 Å². The van der Waals surface area contributed by atoms with Crippen molar-refractivity contribution in [1.82, 2.24) is 4.72 Å². The Morgan fingerprint density at radius 2 is 2.10 bits per heavy atom. The van der Waals surface area contributed by atoms with Gasteiger partial charge in [0, 0.05) is 12.6 Å². The van der Waals surface area contributed by atoms with Crippen LogP contribution in [-0.2, 0) is 14.8 Å². The Kier molecular flexibility index (Phi) is 5.16. The quantitative estimate of drug-likeness (QED) is 0.473. The summed E-state index contributed by atoms with van der Waals surface area (Å²) in [4.78, 5) is 19.6. The molecule has 1 rings (SSSR count). The number of amides is 1. The van der Waals surface area contributed by atoms with Crippen LogP contribution in [0.3, 0.4) is 0 Å². The topological polar surface area (TPSA) is 144 Å². The maximum atomic E-state index is 13.9. The molecule has 0 spiro atoms. The van der Waals surface area contributed by atoms with Gasteiger partial charge in [0.25, 0.3) is 5.69 Å². The van der Waals surface area contributed by atoms with Crippen LogP contribution in [0.2, 0.25) is 0 Å². The minimum absolute atomic E-state index is 0.207. The largest absolute Gasteiger partial charge is 0.384 e. The Hall–Kier alpha value is -2.27. The molecule has 0 bridgehead atoms. The van der Waals surface area contributed by atoms with Crippen LogP contribution in [0.25, 0.3) is 0 Å². The van der Waals surface area contributed by atoms with Gasteiger partial charge >= 0.3 is 0 Å². The van der Waals surface area contributed by atoms with Crippen molar-refractivity contribution in [2.75, 3.05) is 18.4 Å². The molecule has 1 amide bonds. The third-order valence-corrected chi connectivity index (χ3v) is 3.79. The third kappa shape index (κ3) is 4.10. The molecule has 0 heterocycles. The summed E-state index contributed by atoms with van der Waals surface area (Å²) in [5, 5.41) is 13.2. The van der Waals surface area contributed by atoms with Gasteiger partial charge in [0.15, 0.2) is 5.82 Å². The summed E-state index contributed by atoms with van der Waals surface area (Å²) >= 11 is 0. The molecule has 1 aromatic carbocycles. The van der Waals surface area contributed by atoms with Gasteiger partial charge in [-0.15, -0.1) is 0 Å². The SMILES string of the molecule is CCNc1cc([N+](=O)[O-])cc(F)c1S(=O)(=O)NCC(N)=O. The van der Waals surface area contributed by atoms with Crippen molar-refractivity contribution in [3.05, 3.63) is 28.1 Å². The normalized spacial score (nSPS) is 11.1. The number of nitrogens with one attached hydrogen (secondary N) is 2. The number of nitrogens with zero attached hydrogens (tertiary/aromatic N) is 1. The van der Waals surface area contributed by atoms with E-state index in [1.54, 1.807) is 6.92 Å². The van der Waals surface area contributed by atoms with Gasteiger partial charge in [-0.25, -0.2) is 17.5 Å². The first-order valence-corrected chi connectivity index (χ1v) is 7.17. The number of carbonyl (C=O) groups is 1. The molecule has 0 saturated carbocycles. The Balaban J connectivity index is 3.39. The van der Waals surface area contributed by atoms with Crippen LogP contribution < -0.4 is 15.8 Å². The molecule has 0 saturated heterocycles. The number of non-ortho nitro benzene ring substituents is 1. The summed E-state index contributed by atoms with van der Waals surface area (Å²) in [6.45, 7) is 1.09. The lowest BCUT2D eigenvalue weighted by Gasteiger charge is -2.12. The summed E-state index contributed by atoms with van der Waals surface area (Å²) < 4.78 is 39.7. The van der Waals surface area contributed by atoms with E-state index in [1.807, 2.05) is 4.72 Å². The van der Waals surface area contributed by atoms with Crippen molar-refractivity contribution in [1.29, 1.82) is 0 Å². The molecule has 9 nitrogen and oxygen atoms in total. The molecule has 11 heteroatoms. The molecule has 0 fully saturated rings. The Bertz CT molecular complexity index is 676. The number of anilines is 1. The van der Waals surface area contributed by atoms with E-state index in [-0.39, 0.29) is 12.2 Å². The Labute approximate surface area is 119 Å². The van der Waals surface area contributed by atoms with Gasteiger partial charge in [0.2, 0.25) is 15.9 Å². The zero-order valence-corrected chi connectivity index (χ0v) is 11.7. The van der Waals surface area contributed by atoms with Crippen LogP contribution in [0.1, 0.15) is 6.92 Å². The van der Waals surface area contributed by atoms with E-state index in [0.717, 1.165) is 6.07 Å². The molecule has 0 atom stereocenters. The standard InChI is InChI=1S/C10H13FN4O5S/c1-2-13-8-4-6(15(17)18)3-7(11)10(8)21(19,20)14-5-9(12)16/h3-4,13-14H,2,5H2,1H3,(H2,12,16). The Morgan fingerprint density at radius 1 is 1.48 bits per heavy atom. The lowest BCUT2D eigenvalue weighted by atomic mass is 10.2. The van der Waals surface area contributed by atoms with Crippen molar-refractivity contribution < 1.29 is 22.5 Å². The lowest BCUT2D eigenvalue weighted by Crippen LogP contribution is -2.34. The zero-order valence-electron chi connectivity index (χ0n) is 10.9. The van der Waals surface area contributed by atoms with Gasteiger partial charge in [-0.05, 0) is 6.92 Å². The first-order chi connectivity index (χ1) is 9.69. The van der Waals surface area contributed by atoms with Crippen molar-refractivity contribution in [3.63, 3.8) is 0 Å². The first-order valence-electron chi connectivity index (χ1n) is 5.68. The van der Waals surface area contributed by atoms with Crippen molar-refractivity contribution in [3.8, 4) is 0 Å². The van der Waals surface area contributed by atoms with Gasteiger partial charge in [-0.1, -0.05) is 0 Å². The van der Waals surface area contributed by atoms with Crippen molar-refractivity contribution >= 4 is 27.3 Å². The number of halogens is 1. The number of benzene rings is 1. The summed E-state index contributed by atoms with van der Waals surface area (Å²) in [6, 6.07) is 1.38. The highest BCUT2D eigenvalue weighted by Crippen LogP contribution is 2.29. The van der Waals surface area contributed by atoms with Crippen LogP contribution in [0.4, 0.5) is 15.8 Å². The number of sulfonamides is 1. The second kappa shape index (κ2) is 6.45. The van der Waals surface area contributed by atoms with E-state index in [0.29, 0.717) is 6.07 Å². The maximum Gasteiger partial charge on any atom is 0.274 e. The molecular weight excluding hydrogens is 307 g/mol. The average molecular weight is 320 g/mol. The molecule has 4 N–H and O–H groups in total. The molecule has 116 valence electrons. The maximum absolute atomic E-state index is 13.9. The minimum Gasteiger partial charge on any atom is -0.384 e. The van der Waals surface area contributed by atoms with Crippen molar-refractivity contribution in [2.24, 2.45) is 5.73 Å². The van der Waals surface area contributed by atoms with Gasteiger partial charge in [0.1, 0.15) is 4.90 Å². The van der Waals surface area contributed by atoms with Crippen LogP contribution in [0, 0.1) is 15.9 Å². The zero-order chi connectivity index (χ0) is 16.2. The Morgan fingerprint density at radius 3 is 2.57 bits per heavy atom. The van der Waals surface area contributed by atoms with E-state index in [9.17, 15) is 27.7 Å². The summed E-state index contributed by atoms with van der Waals surface area (Å²) in [5.41, 5.74) is 3.94. The lowest BCUT2D eigenvalue weighted by molar-refractivity contribution is -0.385. The molecule has 0 aliphatic rings. The second-order valence-electron chi connectivity index (χ2n) is 3.88. The molecule has 0 aliphatic heterocycles. The number of primary amides is 1. The smallest absolute Gasteiger partial charge is 0.274 e. The van der Waals surface area contributed by atoms with Crippen LogP contribution >= 0.6 is 0 Å². The van der Waals surface area contributed by atoms with E-state index in [1.165, 1.54) is 0 Å². The molecule has 1 aromatic rings. The number of carbonyl (C=O) groups excluding carboxylic acids is 1. The summed E-state index contributed by atoms with van der Waals surface area (Å²) in [5.74, 6) is -2.26. The molecule has 0 aliphatic carbocycles. The number of hydrogen-bond acceptors (Lipinski definition) is 6. The minimum atomic E-state index is -4.39. The predicted molar refractivity (Wildman–Crippen MR) is 71.6 cm³/mol. The fraction of sp³-hybridized carbons (Fsp3) is 0.300. The van der Waals surface area contributed by atoms with Gasteiger partial charge in [-0.2, -0.15) is 0 Å². The van der Waals surface area contributed by atoms with Crippen LogP contribution in [0.15, 0.2) is 17.0 Å². The summed E-state index contributed by atoms with van der Waals surface area (Å²) in [7, 11) is -4.39. The third-order valence-electron chi connectivity index (χ3n) is 2.31. The van der Waals surface area contributed by atoms with Crippen molar-refractivity contribution in [2.45, 2.75) is 11.8 Å². The number of nitrogens with two attached hydrogens (primary N) is 1. The number of rotatable bonds is 7. The average Bonchev–Trinajstić information content (AvgIpc) is 2.36. The first kappa shape index (κ1) is 16.8. The van der Waals surface area contributed by atoms with E-state index in [4.69, 9.17) is 5.73 Å². The molecular formula is C10H13FN4O5S. The monoisotopic (exact) mass is 320 g/mol. The molecule has 0 unspecified atom stereocenters. The van der Waals surface area contributed by atoms with Gasteiger partial charge in [0.05, 0.1) is 23.2 Å². The highest BCUT2D eigenvalue weighted by molar-refractivity contribution is 7.89. The second-order valence-corrected chi connectivity index (χ2v) is 5.59. The molecule has 0 aromatic heterocycles. The molecule has 21 heavy (non-hydrogen) atoms. The predicted octanol–water partition coefficient (Wildman–Crippen LogP) is -0.0707. The van der Waals surface area contributed by atoms with Gasteiger partial charge in [-0.3, -0.25) is 14.9 Å². The highest BCUT2D eigenvalue weighted by atomic mass is 32.2. The van der Waals surface area contributed by atoms with Crippen LogP contribution in [-0.4, -0.2) is 32.3 Å².